The average Bonchev–Trinajstić information content (AvgIpc) is 3.58. The molecule has 0 aliphatic rings. The molecular formula is C36H52ClFN6O8S2. The van der Waals surface area contributed by atoms with E-state index in [1.165, 1.54) is 20.5 Å². The molecule has 0 aliphatic heterocycles. The molecule has 18 heteroatoms. The minimum Gasteiger partial charge on any atom is -0.497 e. The Morgan fingerprint density at radius 3 is 2.20 bits per heavy atom. The van der Waals surface area contributed by atoms with Crippen molar-refractivity contribution >= 4 is 56.2 Å². The van der Waals surface area contributed by atoms with Crippen LogP contribution in [-0.2, 0) is 26.0 Å². The van der Waals surface area contributed by atoms with Crippen LogP contribution >= 0.6 is 23.1 Å². The Morgan fingerprint density at radius 1 is 0.981 bits per heavy atom. The number of halogens is 2. The number of alkyl carbamates (subject to hydrolysis) is 2. The number of hydrogen-bond donors (Lipinski definition) is 3. The second-order valence-electron chi connectivity index (χ2n) is 15.5. The minimum atomic E-state index is -4.59. The van der Waals surface area contributed by atoms with Gasteiger partial charge in [0.1, 0.15) is 39.7 Å². The molecule has 3 N–H and O–H groups in total. The molecule has 1 heterocycles. The molecule has 54 heavy (non-hydrogen) atoms. The number of sulfonamides is 1. The Hall–Kier alpha value is -4.09. The maximum atomic E-state index is 16.0. The first-order chi connectivity index (χ1) is 24.9. The number of ether oxygens (including phenoxy) is 4. The van der Waals surface area contributed by atoms with Crippen molar-refractivity contribution in [2.75, 3.05) is 36.9 Å². The lowest BCUT2D eigenvalue weighted by Crippen LogP contribution is -2.46. The molecule has 0 bridgehead atoms. The standard InChI is InChI=1S/C36H52ClFN6O8S2/c1-22(43-33(46)52-35(5,6)7)24(17-36(8,9)20-40-32(45)51-34(2,3)4)18-39-28-16-27(38)30(15-26(28)37)54(47,48)44(31-41-21-42-53-31)19-23-12-13-25(49-10)14-29(23)50-11/h12-16,21-22,24,39H,17-20H2,1-11H3,(H,40,45)(H,43,46)/t22-,24?/m1/s1. The summed E-state index contributed by atoms with van der Waals surface area (Å²) in [4.78, 5) is 28.5. The number of rotatable bonds is 16. The van der Waals surface area contributed by atoms with E-state index in [9.17, 15) is 18.0 Å². The van der Waals surface area contributed by atoms with Crippen LogP contribution in [0.4, 0.5) is 24.8 Å². The lowest BCUT2D eigenvalue weighted by atomic mass is 9.80. The first-order valence-corrected chi connectivity index (χ1v) is 19.7. The summed E-state index contributed by atoms with van der Waals surface area (Å²) in [6.07, 6.45) is 0.491. The van der Waals surface area contributed by atoms with Gasteiger partial charge in [-0.2, -0.15) is 4.37 Å². The van der Waals surface area contributed by atoms with Crippen LogP contribution in [0, 0.1) is 17.2 Å². The van der Waals surface area contributed by atoms with Crippen LogP contribution in [0.25, 0.3) is 0 Å². The summed E-state index contributed by atoms with van der Waals surface area (Å²) in [5.41, 5.74) is -1.30. The van der Waals surface area contributed by atoms with Gasteiger partial charge < -0.3 is 34.9 Å². The molecule has 0 saturated carbocycles. The van der Waals surface area contributed by atoms with Crippen molar-refractivity contribution < 1.29 is 41.3 Å². The van der Waals surface area contributed by atoms with Crippen LogP contribution in [0.3, 0.4) is 0 Å². The number of amides is 2. The van der Waals surface area contributed by atoms with Gasteiger partial charge in [-0.25, -0.2) is 31.7 Å². The molecule has 2 aromatic carbocycles. The molecule has 3 rings (SSSR count). The predicted molar refractivity (Wildman–Crippen MR) is 208 cm³/mol. The summed E-state index contributed by atoms with van der Waals surface area (Å²) in [7, 11) is -1.66. The number of carbonyl (C=O) groups is 2. The van der Waals surface area contributed by atoms with Crippen LogP contribution in [0.1, 0.15) is 74.3 Å². The number of aromatic nitrogens is 2. The van der Waals surface area contributed by atoms with Crippen molar-refractivity contribution in [1.82, 2.24) is 20.0 Å². The Balaban J connectivity index is 1.90. The van der Waals surface area contributed by atoms with Gasteiger partial charge in [0, 0.05) is 42.3 Å². The molecule has 1 aromatic heterocycles. The molecule has 1 unspecified atom stereocenters. The highest BCUT2D eigenvalue weighted by Gasteiger charge is 2.33. The molecule has 2 amide bonds. The molecule has 0 fully saturated rings. The van der Waals surface area contributed by atoms with E-state index in [-0.39, 0.29) is 41.4 Å². The predicted octanol–water partition coefficient (Wildman–Crippen LogP) is 7.63. The van der Waals surface area contributed by atoms with Gasteiger partial charge in [0.2, 0.25) is 5.13 Å². The number of methoxy groups -OCH3 is 2. The van der Waals surface area contributed by atoms with Gasteiger partial charge in [0.25, 0.3) is 10.0 Å². The summed E-state index contributed by atoms with van der Waals surface area (Å²) < 4.78 is 70.7. The first kappa shape index (κ1) is 44.3. The molecular weight excluding hydrogens is 763 g/mol. The monoisotopic (exact) mass is 814 g/mol. The first-order valence-electron chi connectivity index (χ1n) is 17.1. The van der Waals surface area contributed by atoms with E-state index < -0.39 is 55.6 Å². The molecule has 3 aromatic rings. The van der Waals surface area contributed by atoms with Crippen LogP contribution in [0.2, 0.25) is 5.02 Å². The largest absolute Gasteiger partial charge is 0.497 e. The van der Waals surface area contributed by atoms with Gasteiger partial charge in [-0.15, -0.1) is 0 Å². The summed E-state index contributed by atoms with van der Waals surface area (Å²) in [6.45, 7) is 16.5. The smallest absolute Gasteiger partial charge is 0.407 e. The molecule has 0 radical (unpaired) electrons. The number of nitrogens with zero attached hydrogens (tertiary/aromatic N) is 3. The summed E-state index contributed by atoms with van der Waals surface area (Å²) >= 11 is 7.47. The summed E-state index contributed by atoms with van der Waals surface area (Å²) in [6, 6.07) is 6.48. The second kappa shape index (κ2) is 18.0. The zero-order chi connectivity index (χ0) is 40.6. The Bertz CT molecular complexity index is 1850. The molecule has 14 nitrogen and oxygen atoms in total. The van der Waals surface area contributed by atoms with E-state index in [0.717, 1.165) is 28.0 Å². The van der Waals surface area contributed by atoms with E-state index >= 15 is 4.39 Å². The third-order valence-corrected chi connectivity index (χ3v) is 10.8. The molecule has 0 saturated heterocycles. The van der Waals surface area contributed by atoms with E-state index in [2.05, 4.69) is 25.3 Å². The van der Waals surface area contributed by atoms with Gasteiger partial charge >= 0.3 is 12.2 Å². The highest BCUT2D eigenvalue weighted by atomic mass is 35.5. The number of hydrogen-bond acceptors (Lipinski definition) is 12. The lowest BCUT2D eigenvalue weighted by molar-refractivity contribution is 0.0480. The third kappa shape index (κ3) is 13.0. The number of anilines is 2. The average molecular weight is 815 g/mol. The van der Waals surface area contributed by atoms with E-state index in [0.29, 0.717) is 23.5 Å². The van der Waals surface area contributed by atoms with Gasteiger partial charge in [-0.1, -0.05) is 25.4 Å². The van der Waals surface area contributed by atoms with Crippen molar-refractivity contribution in [2.45, 2.75) is 97.4 Å². The van der Waals surface area contributed by atoms with Crippen LogP contribution < -0.4 is 29.7 Å². The van der Waals surface area contributed by atoms with Crippen LogP contribution in [-0.4, -0.2) is 74.5 Å². The van der Waals surface area contributed by atoms with Crippen molar-refractivity contribution in [3.05, 3.63) is 53.1 Å². The van der Waals surface area contributed by atoms with Crippen molar-refractivity contribution in [1.29, 1.82) is 0 Å². The van der Waals surface area contributed by atoms with E-state index in [1.54, 1.807) is 59.7 Å². The van der Waals surface area contributed by atoms with Crippen molar-refractivity contribution in [3.8, 4) is 11.5 Å². The van der Waals surface area contributed by atoms with Crippen molar-refractivity contribution in [2.24, 2.45) is 11.3 Å². The topological polar surface area (TPSA) is 170 Å². The van der Waals surface area contributed by atoms with Gasteiger partial charge in [-0.05, 0) is 90.5 Å². The highest BCUT2D eigenvalue weighted by molar-refractivity contribution is 7.93. The Morgan fingerprint density at radius 2 is 1.63 bits per heavy atom. The molecule has 300 valence electrons. The number of carbonyl (C=O) groups excluding carboxylic acids is 2. The van der Waals surface area contributed by atoms with Crippen LogP contribution in [0.15, 0.2) is 41.6 Å². The fourth-order valence-corrected chi connectivity index (χ4v) is 7.84. The fourth-order valence-electron chi connectivity index (χ4n) is 5.34. The van der Waals surface area contributed by atoms with Gasteiger partial charge in [0.15, 0.2) is 0 Å². The maximum Gasteiger partial charge on any atom is 0.407 e. The zero-order valence-corrected chi connectivity index (χ0v) is 35.0. The molecule has 2 atom stereocenters. The van der Waals surface area contributed by atoms with E-state index in [1.807, 2.05) is 20.8 Å². The van der Waals surface area contributed by atoms with Crippen LogP contribution in [0.5, 0.6) is 11.5 Å². The van der Waals surface area contributed by atoms with E-state index in [4.69, 9.17) is 30.5 Å². The zero-order valence-electron chi connectivity index (χ0n) is 32.6. The normalized spacial score (nSPS) is 13.4. The maximum absolute atomic E-state index is 16.0. The fraction of sp³-hybridized carbons (Fsp3) is 0.556. The molecule has 0 aliphatic carbocycles. The Kier molecular flexibility index (Phi) is 14.8. The van der Waals surface area contributed by atoms with Gasteiger partial charge in [-0.3, -0.25) is 0 Å². The lowest BCUT2D eigenvalue weighted by Gasteiger charge is -2.34. The summed E-state index contributed by atoms with van der Waals surface area (Å²) in [5.74, 6) is -0.523. The third-order valence-electron chi connectivity index (χ3n) is 7.89. The number of benzene rings is 2. The quantitative estimate of drug-likeness (QED) is 0.130. The molecule has 0 spiro atoms. The second-order valence-corrected chi connectivity index (χ2v) is 18.5. The van der Waals surface area contributed by atoms with Crippen molar-refractivity contribution in [3.63, 3.8) is 0 Å². The minimum absolute atomic E-state index is 0.00341. The highest BCUT2D eigenvalue weighted by Crippen LogP contribution is 2.36. The summed E-state index contributed by atoms with van der Waals surface area (Å²) in [5, 5.41) is 8.77. The SMILES string of the molecule is COc1ccc(CN(c2ncns2)S(=O)(=O)c2cc(Cl)c(NCC(CC(C)(C)CNC(=O)OC(C)(C)C)[C@@H](C)NC(=O)OC(C)(C)C)cc2F)c(OC)c1. The Labute approximate surface area is 326 Å². The van der Waals surface area contributed by atoms with Gasteiger partial charge in [0.05, 0.1) is 31.5 Å². The number of nitrogens with one attached hydrogen (secondary N) is 3.